The van der Waals surface area contributed by atoms with Crippen LogP contribution in [0.15, 0.2) is 0 Å². The Kier molecular flexibility index (Phi) is 7.13. The molecule has 0 aromatic rings. The number of likely N-dealkylation sites (tertiary alicyclic amines) is 1. The smallest absolute Gasteiger partial charge is 0.242 e. The average Bonchev–Trinajstić information content (AvgIpc) is 2.48. The van der Waals surface area contributed by atoms with Gasteiger partial charge in [0, 0.05) is 25.0 Å². The molecule has 1 saturated heterocycles. The topological polar surface area (TPSA) is 75.4 Å². The number of carbonyl (C=O) groups is 2. The van der Waals surface area contributed by atoms with Crippen LogP contribution in [0.25, 0.3) is 0 Å². The lowest BCUT2D eigenvalue weighted by Gasteiger charge is -2.40. The molecule has 6 heteroatoms. The molecule has 0 spiro atoms. The highest BCUT2D eigenvalue weighted by Crippen LogP contribution is 2.28. The summed E-state index contributed by atoms with van der Waals surface area (Å²) in [5, 5.41) is 3.06. The van der Waals surface area contributed by atoms with Gasteiger partial charge in [-0.3, -0.25) is 9.59 Å². The second-order valence-corrected chi connectivity index (χ2v) is 6.95. The van der Waals surface area contributed by atoms with Crippen molar-refractivity contribution in [2.75, 3.05) is 13.1 Å². The lowest BCUT2D eigenvalue weighted by atomic mass is 9.81. The molecule has 0 aromatic carbocycles. The molecular formula is C16H30ClN3O2. The third-order valence-corrected chi connectivity index (χ3v) is 4.82. The van der Waals surface area contributed by atoms with Crippen LogP contribution in [0.4, 0.5) is 0 Å². The van der Waals surface area contributed by atoms with E-state index in [0.29, 0.717) is 13.1 Å². The van der Waals surface area contributed by atoms with Crippen molar-refractivity contribution in [1.29, 1.82) is 0 Å². The van der Waals surface area contributed by atoms with Crippen LogP contribution in [0.2, 0.25) is 0 Å². The summed E-state index contributed by atoms with van der Waals surface area (Å²) in [5.74, 6) is 0.234. The molecule has 1 aliphatic carbocycles. The fourth-order valence-electron chi connectivity index (χ4n) is 3.31. The van der Waals surface area contributed by atoms with Gasteiger partial charge in [-0.15, -0.1) is 12.4 Å². The first kappa shape index (κ1) is 19.2. The number of hydrogen-bond acceptors (Lipinski definition) is 3. The fourth-order valence-corrected chi connectivity index (χ4v) is 3.31. The first-order chi connectivity index (χ1) is 9.92. The van der Waals surface area contributed by atoms with Crippen molar-refractivity contribution in [3.63, 3.8) is 0 Å². The van der Waals surface area contributed by atoms with E-state index in [0.717, 1.165) is 38.5 Å². The average molecular weight is 332 g/mol. The Morgan fingerprint density at radius 1 is 1.14 bits per heavy atom. The first-order valence-electron chi connectivity index (χ1n) is 8.31. The molecule has 2 rings (SSSR count). The zero-order valence-corrected chi connectivity index (χ0v) is 14.6. The van der Waals surface area contributed by atoms with Crippen LogP contribution in [-0.4, -0.2) is 41.4 Å². The SMILES string of the molecule is CC(C)C(=O)NC1CCN(C(=O)C2(N)CCCCC2)CC1.Cl. The van der Waals surface area contributed by atoms with Gasteiger partial charge in [0.2, 0.25) is 11.8 Å². The van der Waals surface area contributed by atoms with E-state index >= 15 is 0 Å². The van der Waals surface area contributed by atoms with Crippen molar-refractivity contribution >= 4 is 24.2 Å². The Labute approximate surface area is 139 Å². The second kappa shape index (κ2) is 8.16. The van der Waals surface area contributed by atoms with Crippen molar-refractivity contribution in [1.82, 2.24) is 10.2 Å². The quantitative estimate of drug-likeness (QED) is 0.828. The number of nitrogens with zero attached hydrogens (tertiary/aromatic N) is 1. The molecule has 2 fully saturated rings. The minimum atomic E-state index is -0.633. The van der Waals surface area contributed by atoms with Crippen molar-refractivity contribution in [2.24, 2.45) is 11.7 Å². The zero-order valence-electron chi connectivity index (χ0n) is 13.8. The van der Waals surface area contributed by atoms with Gasteiger partial charge >= 0.3 is 0 Å². The Morgan fingerprint density at radius 2 is 1.68 bits per heavy atom. The minimum absolute atomic E-state index is 0. The number of hydrogen-bond donors (Lipinski definition) is 2. The van der Waals surface area contributed by atoms with Gasteiger partial charge < -0.3 is 16.0 Å². The van der Waals surface area contributed by atoms with E-state index in [-0.39, 0.29) is 36.2 Å². The number of nitrogens with one attached hydrogen (secondary N) is 1. The Morgan fingerprint density at radius 3 is 2.18 bits per heavy atom. The molecule has 0 unspecified atom stereocenters. The predicted molar refractivity (Wildman–Crippen MR) is 89.8 cm³/mol. The second-order valence-electron chi connectivity index (χ2n) is 6.95. The molecule has 1 heterocycles. The number of amides is 2. The monoisotopic (exact) mass is 331 g/mol. The number of nitrogens with two attached hydrogens (primary N) is 1. The summed E-state index contributed by atoms with van der Waals surface area (Å²) >= 11 is 0. The van der Waals surface area contributed by atoms with Gasteiger partial charge in [0.25, 0.3) is 0 Å². The summed E-state index contributed by atoms with van der Waals surface area (Å²) in [7, 11) is 0. The van der Waals surface area contributed by atoms with Crippen LogP contribution < -0.4 is 11.1 Å². The number of carbonyl (C=O) groups excluding carboxylic acids is 2. The molecule has 1 saturated carbocycles. The molecule has 5 nitrogen and oxygen atoms in total. The van der Waals surface area contributed by atoms with Crippen LogP contribution in [0, 0.1) is 5.92 Å². The van der Waals surface area contributed by atoms with E-state index in [1.807, 2.05) is 18.7 Å². The van der Waals surface area contributed by atoms with Crippen LogP contribution in [0.1, 0.15) is 58.8 Å². The summed E-state index contributed by atoms with van der Waals surface area (Å²) in [4.78, 5) is 26.2. The van der Waals surface area contributed by atoms with Crippen LogP contribution in [-0.2, 0) is 9.59 Å². The fraction of sp³-hybridized carbons (Fsp3) is 0.875. The van der Waals surface area contributed by atoms with E-state index in [1.165, 1.54) is 6.42 Å². The number of piperidine rings is 1. The van der Waals surface area contributed by atoms with Crippen molar-refractivity contribution in [3.05, 3.63) is 0 Å². The number of rotatable bonds is 3. The molecule has 0 bridgehead atoms. The molecule has 0 atom stereocenters. The normalized spacial score (nSPS) is 22.1. The Bertz CT molecular complexity index is 387. The van der Waals surface area contributed by atoms with Gasteiger partial charge in [-0.2, -0.15) is 0 Å². The van der Waals surface area contributed by atoms with Crippen LogP contribution in [0.5, 0.6) is 0 Å². The molecule has 2 aliphatic rings. The molecule has 0 aromatic heterocycles. The third kappa shape index (κ3) is 4.59. The maximum absolute atomic E-state index is 12.6. The highest BCUT2D eigenvalue weighted by atomic mass is 35.5. The van der Waals surface area contributed by atoms with Gasteiger partial charge in [-0.25, -0.2) is 0 Å². The summed E-state index contributed by atoms with van der Waals surface area (Å²) in [6, 6.07) is 0.198. The van der Waals surface area contributed by atoms with E-state index < -0.39 is 5.54 Å². The molecule has 1 aliphatic heterocycles. The number of halogens is 1. The lowest BCUT2D eigenvalue weighted by Crippen LogP contribution is -2.58. The summed E-state index contributed by atoms with van der Waals surface area (Å²) in [6.07, 6.45) is 6.61. The molecule has 2 amide bonds. The van der Waals surface area contributed by atoms with Crippen molar-refractivity contribution in [3.8, 4) is 0 Å². The minimum Gasteiger partial charge on any atom is -0.353 e. The van der Waals surface area contributed by atoms with E-state index in [4.69, 9.17) is 5.73 Å². The van der Waals surface area contributed by atoms with Gasteiger partial charge in [-0.1, -0.05) is 33.1 Å². The van der Waals surface area contributed by atoms with E-state index in [1.54, 1.807) is 0 Å². The third-order valence-electron chi connectivity index (χ3n) is 4.82. The van der Waals surface area contributed by atoms with Crippen LogP contribution >= 0.6 is 12.4 Å². The maximum atomic E-state index is 12.6. The molecule has 128 valence electrons. The van der Waals surface area contributed by atoms with Crippen molar-refractivity contribution in [2.45, 2.75) is 70.4 Å². The van der Waals surface area contributed by atoms with Crippen LogP contribution in [0.3, 0.4) is 0 Å². The Balaban J connectivity index is 0.00000242. The van der Waals surface area contributed by atoms with Gasteiger partial charge in [0.1, 0.15) is 0 Å². The zero-order chi connectivity index (χ0) is 15.5. The summed E-state index contributed by atoms with van der Waals surface area (Å²) < 4.78 is 0. The Hall–Kier alpha value is -0.810. The molecule has 0 radical (unpaired) electrons. The summed E-state index contributed by atoms with van der Waals surface area (Å²) in [5.41, 5.74) is 5.69. The first-order valence-corrected chi connectivity index (χ1v) is 8.31. The van der Waals surface area contributed by atoms with E-state index in [2.05, 4.69) is 5.32 Å². The molecule has 3 N–H and O–H groups in total. The maximum Gasteiger partial charge on any atom is 0.242 e. The highest BCUT2D eigenvalue weighted by molar-refractivity contribution is 5.86. The van der Waals surface area contributed by atoms with E-state index in [9.17, 15) is 9.59 Å². The standard InChI is InChI=1S/C16H29N3O2.ClH/c1-12(2)14(20)18-13-6-10-19(11-7-13)15(21)16(17)8-4-3-5-9-16;/h12-13H,3-11,17H2,1-2H3,(H,18,20);1H. The largest absolute Gasteiger partial charge is 0.353 e. The summed E-state index contributed by atoms with van der Waals surface area (Å²) in [6.45, 7) is 5.21. The van der Waals surface area contributed by atoms with Gasteiger partial charge in [0.05, 0.1) is 5.54 Å². The highest BCUT2D eigenvalue weighted by Gasteiger charge is 2.39. The predicted octanol–water partition coefficient (Wildman–Crippen LogP) is 1.83. The lowest BCUT2D eigenvalue weighted by molar-refractivity contribution is -0.139. The van der Waals surface area contributed by atoms with Gasteiger partial charge in [-0.05, 0) is 25.7 Å². The molecule has 22 heavy (non-hydrogen) atoms. The van der Waals surface area contributed by atoms with Gasteiger partial charge in [0.15, 0.2) is 0 Å². The molecular weight excluding hydrogens is 302 g/mol. The van der Waals surface area contributed by atoms with Crippen molar-refractivity contribution < 1.29 is 9.59 Å².